The van der Waals surface area contributed by atoms with E-state index in [1.807, 2.05) is 0 Å². The van der Waals surface area contributed by atoms with E-state index in [0.717, 1.165) is 0 Å². The summed E-state index contributed by atoms with van der Waals surface area (Å²) >= 11 is -0.106. The average Bonchev–Trinajstić information content (AvgIpc) is 3.23. The predicted octanol–water partition coefficient (Wildman–Crippen LogP) is 19.6. The van der Waals surface area contributed by atoms with Crippen LogP contribution in [0.1, 0.15) is 304 Å². The van der Waals surface area contributed by atoms with E-state index in [2.05, 4.69) is 215 Å². The summed E-state index contributed by atoms with van der Waals surface area (Å²) in [5, 5.41) is 6.98. The molecular weight excluding hydrogens is 984 g/mol. The Morgan fingerprint density at radius 1 is 0.269 bits per heavy atom. The van der Waals surface area contributed by atoms with Gasteiger partial charge in [-0.3, -0.25) is 0 Å². The third-order valence-electron chi connectivity index (χ3n) is 14.4. The van der Waals surface area contributed by atoms with Crippen LogP contribution in [-0.2, 0) is 15.9 Å². The van der Waals surface area contributed by atoms with E-state index >= 15 is 0 Å². The van der Waals surface area contributed by atoms with Gasteiger partial charge in [-0.25, -0.2) is 0 Å². The van der Waals surface area contributed by atoms with Crippen LogP contribution < -0.4 is 21.2 Å². The summed E-state index contributed by atoms with van der Waals surface area (Å²) in [6, 6.07) is 21.3. The number of halogens is 2. The Kier molecular flexibility index (Phi) is 23.9. The first kappa shape index (κ1) is 60.3. The van der Waals surface area contributed by atoms with Gasteiger partial charge in [-0.1, -0.05) is 215 Å². The van der Waals surface area contributed by atoms with Gasteiger partial charge < -0.3 is 0 Å². The molecule has 4 aromatic carbocycles. The first-order valence-electron chi connectivity index (χ1n) is 26.4. The maximum atomic E-state index is 4.81. The summed E-state index contributed by atoms with van der Waals surface area (Å²) in [5.41, 5.74) is 19.0. The van der Waals surface area contributed by atoms with Crippen LogP contribution in [0, 0.1) is 0 Å². The van der Waals surface area contributed by atoms with Crippen molar-refractivity contribution in [2.45, 2.75) is 237 Å². The molecule has 4 aromatic rings. The number of hydrogen-bond acceptors (Lipinski definition) is 0. The van der Waals surface area contributed by atoms with E-state index in [1.165, 1.54) is 34.6 Å². The van der Waals surface area contributed by atoms with Crippen molar-refractivity contribution in [1.29, 1.82) is 0 Å². The molecule has 0 aliphatic heterocycles. The Balaban J connectivity index is 0.00000386. The molecule has 67 heavy (non-hydrogen) atoms. The van der Waals surface area contributed by atoms with Crippen LogP contribution in [0.2, 0.25) is 0 Å². The van der Waals surface area contributed by atoms with E-state index in [9.17, 15) is 0 Å². The van der Waals surface area contributed by atoms with Crippen LogP contribution >= 0.6 is 34.9 Å². The molecule has 378 valence electrons. The molecule has 0 fully saturated rings. The van der Waals surface area contributed by atoms with Gasteiger partial charge in [-0.15, -0.1) is 0 Å². The van der Waals surface area contributed by atoms with Crippen LogP contribution in [0.5, 0.6) is 0 Å². The molecule has 5 heteroatoms. The van der Waals surface area contributed by atoms with Gasteiger partial charge >= 0.3 is 35.0 Å². The van der Waals surface area contributed by atoms with Crippen LogP contribution in [0.15, 0.2) is 48.5 Å². The van der Waals surface area contributed by atoms with Gasteiger partial charge in [-0.2, -0.15) is 0 Å². The first-order valence-corrected chi connectivity index (χ1v) is 33.8. The summed E-state index contributed by atoms with van der Waals surface area (Å²) in [4.78, 5) is 0. The fourth-order valence-corrected chi connectivity index (χ4v) is 19.4. The van der Waals surface area contributed by atoms with E-state index in [-0.39, 0.29) is 15.9 Å². The Hall–Kier alpha value is -1.02. The van der Waals surface area contributed by atoms with Crippen molar-refractivity contribution in [2.75, 3.05) is 12.3 Å². The average molecular weight is 1080 g/mol. The van der Waals surface area contributed by atoms with Crippen molar-refractivity contribution in [3.63, 3.8) is 0 Å². The van der Waals surface area contributed by atoms with Gasteiger partial charge in [0.2, 0.25) is 0 Å². The number of benzene rings is 4. The van der Waals surface area contributed by atoms with Crippen LogP contribution in [0.3, 0.4) is 0 Å². The second-order valence-electron chi connectivity index (χ2n) is 23.7. The molecule has 0 aliphatic rings. The first-order chi connectivity index (χ1) is 31.1. The maximum absolute atomic E-state index is 4.81. The van der Waals surface area contributed by atoms with Gasteiger partial charge in [0.25, 0.3) is 0 Å². The van der Waals surface area contributed by atoms with Gasteiger partial charge in [-0.05, 0) is 138 Å². The second-order valence-corrected chi connectivity index (χ2v) is 30.9. The monoisotopic (exact) mass is 1080 g/mol. The molecule has 0 amide bonds. The Morgan fingerprint density at radius 3 is 0.478 bits per heavy atom. The predicted molar refractivity (Wildman–Crippen MR) is 311 cm³/mol. The van der Waals surface area contributed by atoms with E-state index in [1.54, 1.807) is 65.7 Å². The van der Waals surface area contributed by atoms with E-state index < -0.39 is 15.8 Å². The molecule has 0 bridgehead atoms. The number of rotatable bonds is 19. The normalized spacial score (nSPS) is 12.7. The molecule has 0 aromatic heterocycles. The third kappa shape index (κ3) is 14.8. The van der Waals surface area contributed by atoms with Crippen LogP contribution in [0.4, 0.5) is 0 Å². The van der Waals surface area contributed by atoms with Crippen molar-refractivity contribution in [2.24, 2.45) is 0 Å². The Bertz CT molecular complexity index is 1780. The molecule has 0 heterocycles. The molecule has 0 unspecified atom stereocenters. The van der Waals surface area contributed by atoms with Gasteiger partial charge in [0.1, 0.15) is 33.5 Å². The second kappa shape index (κ2) is 26.6. The van der Waals surface area contributed by atoms with Crippen molar-refractivity contribution < 1.29 is 15.9 Å². The molecule has 0 saturated heterocycles. The van der Waals surface area contributed by atoms with Crippen molar-refractivity contribution in [3.8, 4) is 0 Å². The van der Waals surface area contributed by atoms with Crippen molar-refractivity contribution in [1.82, 2.24) is 0 Å². The number of hydrogen-bond donors (Lipinski definition) is 0. The minimum absolute atomic E-state index is 0.106. The van der Waals surface area contributed by atoms with E-state index in [4.69, 9.17) is 19.1 Å². The van der Waals surface area contributed by atoms with Crippen molar-refractivity contribution >= 4 is 56.1 Å². The molecular formula is C62H98Cl2P2Pd+2. The Labute approximate surface area is 433 Å². The topological polar surface area (TPSA) is 0 Å². The fourth-order valence-electron chi connectivity index (χ4n) is 10.2. The molecule has 0 radical (unpaired) electrons. The molecule has 0 aliphatic carbocycles. The standard InChI is InChI=1S/C62H96P2.2ClH.Pd/c1-35(2)47-27-51(39(9)10)59(52(28-47)40(11)12)63(60-53(41(13)14)29-48(36(3)4)30-54(60)42(15)16)25-26-64(61-55(43(17)18)31-49(37(5)6)32-56(61)44(19)20)62-57(45(21)22)33-50(38(7)8)34-58(62)46(23)24;;;/h27-46H,25-26H2,1-24H3;2*1H;/q;;;+2. The summed E-state index contributed by atoms with van der Waals surface area (Å²) < 4.78 is 0. The summed E-state index contributed by atoms with van der Waals surface area (Å²) in [7, 11) is 6.95. The van der Waals surface area contributed by atoms with Gasteiger partial charge in [0.05, 0.1) is 15.8 Å². The molecule has 0 N–H and O–H groups in total. The summed E-state index contributed by atoms with van der Waals surface area (Å²) in [5.74, 6) is 5.55. The fraction of sp³-hybridized carbons (Fsp3) is 0.613. The minimum atomic E-state index is -1.34. The summed E-state index contributed by atoms with van der Waals surface area (Å²) in [6.45, 7) is 58.9. The molecule has 4 rings (SSSR count). The van der Waals surface area contributed by atoms with Gasteiger partial charge in [0.15, 0.2) is 0 Å². The quantitative estimate of drug-likeness (QED) is 0.0648. The zero-order valence-corrected chi connectivity index (χ0v) is 52.1. The van der Waals surface area contributed by atoms with Gasteiger partial charge in [0, 0.05) is 0 Å². The Morgan fingerprint density at radius 2 is 0.388 bits per heavy atom. The molecule has 0 nitrogen and oxygen atoms in total. The molecule has 0 spiro atoms. The zero-order valence-electron chi connectivity index (χ0n) is 47.0. The van der Waals surface area contributed by atoms with Crippen LogP contribution in [0.25, 0.3) is 0 Å². The SMILES string of the molecule is CC(C)c1cc(C(C)C)c([PH+](CC[PH+](c2c(C(C)C)cc(C(C)C)cc2C(C)C)c2c(C(C)C)cc(C(C)C)cc2C(C)C)c2c(C(C)C)cc(C(C)C)cc2C(C)C)c(C(C)C)c1.[Cl][Pd][Cl]. The molecule has 0 saturated carbocycles. The van der Waals surface area contributed by atoms with Crippen LogP contribution in [-0.4, -0.2) is 12.3 Å². The van der Waals surface area contributed by atoms with E-state index in [0.29, 0.717) is 71.0 Å². The van der Waals surface area contributed by atoms with Crippen molar-refractivity contribution in [3.05, 3.63) is 115 Å². The zero-order chi connectivity index (χ0) is 51.1. The summed E-state index contributed by atoms with van der Waals surface area (Å²) in [6.07, 6.45) is 2.48. The third-order valence-corrected chi connectivity index (χ3v) is 21.1. The molecule has 0 atom stereocenters.